The van der Waals surface area contributed by atoms with Gasteiger partial charge in [0.2, 0.25) is 0 Å². The van der Waals surface area contributed by atoms with Gasteiger partial charge in [-0.25, -0.2) is 0 Å². The molecule has 0 amide bonds. The quantitative estimate of drug-likeness (QED) is 0.162. The number of Topliss-reactive ketones (excluding diaryl/α,β-unsaturated/α-hetero) is 1. The van der Waals surface area contributed by atoms with Crippen molar-refractivity contribution in [2.24, 2.45) is 11.8 Å². The topological polar surface area (TPSA) is 21.5 Å². The average molecular weight is 822 g/mol. The number of ketones is 1. The van der Waals surface area contributed by atoms with E-state index in [1.54, 1.807) is 11.1 Å². The standard InChI is InChI=1S/C62H47NO/c1-31-44(45-29-51-57(38-13-5-4-12-37(38)45)43-18-10-11-19-50(43)62(51,2)3)27-49-59-52(21-20-36-34-23-32-22-33(24-34)26-35(25-32)55(36)59)63-53-30-47-46(28-48(53)54(31)60(49)63)56-39-14-6-8-16-41(39)58(61(47)64)42-17-9-7-15-40(42)56/h4-21,27-30,32-35,56,58H,22-26H2,1-3H3. The molecule has 2 atom stereocenters. The number of rotatable bonds is 1. The average Bonchev–Trinajstić information content (AvgIpc) is 3.79. The zero-order valence-electron chi connectivity index (χ0n) is 36.6. The first-order chi connectivity index (χ1) is 31.3. The molecule has 8 aliphatic rings. The van der Waals surface area contributed by atoms with Crippen molar-refractivity contribution >= 4 is 54.7 Å². The molecule has 306 valence electrons. The molecule has 2 heterocycles. The Hall–Kier alpha value is -6.51. The van der Waals surface area contributed by atoms with Crippen LogP contribution >= 0.6 is 0 Å². The molecule has 8 aromatic carbocycles. The lowest BCUT2D eigenvalue weighted by Crippen LogP contribution is -2.25. The lowest BCUT2D eigenvalue weighted by atomic mass is 9.67. The van der Waals surface area contributed by atoms with Crippen molar-refractivity contribution in [3.63, 3.8) is 0 Å². The van der Waals surface area contributed by atoms with Gasteiger partial charge in [-0.3, -0.25) is 4.79 Å². The smallest absolute Gasteiger partial charge is 0.175 e. The molecule has 10 aromatic rings. The van der Waals surface area contributed by atoms with E-state index in [1.807, 2.05) is 0 Å². The Morgan fingerprint density at radius 3 is 1.89 bits per heavy atom. The number of nitrogens with zero attached hydrogens (tertiary/aromatic N) is 1. The molecule has 0 aliphatic heterocycles. The molecular weight excluding hydrogens is 775 g/mol. The Kier molecular flexibility index (Phi) is 6.32. The maximum atomic E-state index is 15.4. The van der Waals surface area contributed by atoms with Crippen LogP contribution in [0.1, 0.15) is 136 Å². The van der Waals surface area contributed by atoms with Gasteiger partial charge in [0.1, 0.15) is 0 Å². The van der Waals surface area contributed by atoms with E-state index in [1.165, 1.54) is 142 Å². The fraction of sp³-hybridized carbons (Fsp3) is 0.242. The molecule has 2 heteroatoms. The third-order valence-electron chi connectivity index (χ3n) is 18.2. The number of hydrogen-bond acceptors (Lipinski definition) is 1. The van der Waals surface area contributed by atoms with Gasteiger partial charge in [-0.1, -0.05) is 117 Å². The lowest BCUT2D eigenvalue weighted by molar-refractivity contribution is 0.0974. The largest absolute Gasteiger partial charge is 0.308 e. The fourth-order valence-corrected chi connectivity index (χ4v) is 15.8. The number of benzene rings is 8. The van der Waals surface area contributed by atoms with Crippen LogP contribution in [0.3, 0.4) is 0 Å². The summed E-state index contributed by atoms with van der Waals surface area (Å²) in [5, 5.41) is 8.14. The summed E-state index contributed by atoms with van der Waals surface area (Å²) in [5.41, 5.74) is 23.5. The van der Waals surface area contributed by atoms with E-state index >= 15 is 4.79 Å². The molecule has 64 heavy (non-hydrogen) atoms. The van der Waals surface area contributed by atoms with Crippen LogP contribution in [0.25, 0.3) is 71.1 Å². The molecule has 0 spiro atoms. The normalized spacial score (nSPS) is 24.0. The van der Waals surface area contributed by atoms with E-state index in [-0.39, 0.29) is 23.0 Å². The molecule has 0 radical (unpaired) electrons. The molecule has 2 unspecified atom stereocenters. The van der Waals surface area contributed by atoms with Crippen molar-refractivity contribution in [2.45, 2.75) is 82.0 Å². The van der Waals surface area contributed by atoms with Crippen LogP contribution in [0.2, 0.25) is 0 Å². The molecular formula is C62H47NO. The van der Waals surface area contributed by atoms with E-state index < -0.39 is 0 Å². The predicted octanol–water partition coefficient (Wildman–Crippen LogP) is 15.5. The maximum absolute atomic E-state index is 15.4. The van der Waals surface area contributed by atoms with Gasteiger partial charge in [-0.15, -0.1) is 0 Å². The minimum Gasteiger partial charge on any atom is -0.308 e. The van der Waals surface area contributed by atoms with Crippen LogP contribution in [0, 0.1) is 18.8 Å². The SMILES string of the molecule is Cc1c(-c2cc3c(c4ccccc24)-c2ccccc2C3(C)C)cc2c3c4c(ccc3n3c5cc6c(cc5c1c23)C1c2ccccc2C(C6=O)c2ccccc21)C1CC2CC(C1)CC4C2. The highest BCUT2D eigenvalue weighted by molar-refractivity contribution is 6.28. The highest BCUT2D eigenvalue weighted by Gasteiger charge is 2.46. The number of fused-ring (bicyclic) bond motifs is 11. The number of hydrogen-bond donors (Lipinski definition) is 0. The van der Waals surface area contributed by atoms with Crippen molar-refractivity contribution in [2.75, 3.05) is 0 Å². The van der Waals surface area contributed by atoms with E-state index in [4.69, 9.17) is 0 Å². The highest BCUT2D eigenvalue weighted by atomic mass is 16.1. The van der Waals surface area contributed by atoms with Gasteiger partial charge in [0, 0.05) is 38.4 Å². The molecule has 6 bridgehead atoms. The van der Waals surface area contributed by atoms with Crippen molar-refractivity contribution in [1.82, 2.24) is 4.40 Å². The van der Waals surface area contributed by atoms with Crippen LogP contribution < -0.4 is 0 Å². The minimum atomic E-state index is -0.300. The molecule has 8 aliphatic carbocycles. The Bertz CT molecular complexity index is 3760. The third kappa shape index (κ3) is 4.02. The number of aromatic nitrogens is 1. The highest BCUT2D eigenvalue weighted by Crippen LogP contribution is 2.61. The summed E-state index contributed by atoms with van der Waals surface area (Å²) in [6, 6.07) is 50.9. The summed E-state index contributed by atoms with van der Waals surface area (Å²) in [5.74, 6) is 2.87. The van der Waals surface area contributed by atoms with Crippen LogP contribution in [-0.4, -0.2) is 10.2 Å². The Morgan fingerprint density at radius 2 is 1.14 bits per heavy atom. The van der Waals surface area contributed by atoms with Gasteiger partial charge in [-0.2, -0.15) is 0 Å². The van der Waals surface area contributed by atoms with Crippen molar-refractivity contribution in [3.05, 3.63) is 195 Å². The molecule has 2 aromatic heterocycles. The van der Waals surface area contributed by atoms with Crippen molar-refractivity contribution in [3.8, 4) is 22.3 Å². The molecule has 2 fully saturated rings. The summed E-state index contributed by atoms with van der Waals surface area (Å²) >= 11 is 0. The first kappa shape index (κ1) is 34.9. The fourth-order valence-electron chi connectivity index (χ4n) is 15.8. The predicted molar refractivity (Wildman–Crippen MR) is 262 cm³/mol. The van der Waals surface area contributed by atoms with Gasteiger partial charge in [0.25, 0.3) is 0 Å². The van der Waals surface area contributed by atoms with Crippen molar-refractivity contribution in [1.29, 1.82) is 0 Å². The second-order valence-corrected chi connectivity index (χ2v) is 21.4. The molecule has 2 saturated carbocycles. The van der Waals surface area contributed by atoms with Crippen molar-refractivity contribution < 1.29 is 4.79 Å². The van der Waals surface area contributed by atoms with E-state index in [0.717, 1.165) is 23.0 Å². The Labute approximate surface area is 372 Å². The van der Waals surface area contributed by atoms with Gasteiger partial charge >= 0.3 is 0 Å². The van der Waals surface area contributed by atoms with E-state index in [0.29, 0.717) is 11.8 Å². The van der Waals surface area contributed by atoms with Gasteiger partial charge in [0.15, 0.2) is 5.78 Å². The summed E-state index contributed by atoms with van der Waals surface area (Å²) in [6.07, 6.45) is 6.77. The molecule has 18 rings (SSSR count). The van der Waals surface area contributed by atoms with Gasteiger partial charge in [0.05, 0.1) is 22.5 Å². The monoisotopic (exact) mass is 821 g/mol. The zero-order valence-corrected chi connectivity index (χ0v) is 36.6. The maximum Gasteiger partial charge on any atom is 0.175 e. The second kappa shape index (κ2) is 11.6. The van der Waals surface area contributed by atoms with E-state index in [9.17, 15) is 0 Å². The summed E-state index contributed by atoms with van der Waals surface area (Å²) in [6.45, 7) is 7.24. The van der Waals surface area contributed by atoms with Crippen LogP contribution in [-0.2, 0) is 5.41 Å². The minimum absolute atomic E-state index is 0.00268. The van der Waals surface area contributed by atoms with Gasteiger partial charge < -0.3 is 4.40 Å². The second-order valence-electron chi connectivity index (χ2n) is 21.4. The van der Waals surface area contributed by atoms with Gasteiger partial charge in [-0.05, 0) is 182 Å². The first-order valence-corrected chi connectivity index (χ1v) is 24.0. The first-order valence-electron chi connectivity index (χ1n) is 24.0. The number of carbonyl (C=O) groups excluding carboxylic acids is 1. The number of carbonyl (C=O) groups is 1. The third-order valence-corrected chi connectivity index (χ3v) is 18.2. The molecule has 0 N–H and O–H groups in total. The molecule has 2 nitrogen and oxygen atoms in total. The molecule has 0 saturated heterocycles. The van der Waals surface area contributed by atoms with Crippen LogP contribution in [0.15, 0.2) is 133 Å². The number of aryl methyl sites for hydroxylation is 1. The zero-order chi connectivity index (χ0) is 42.1. The van der Waals surface area contributed by atoms with Crippen LogP contribution in [0.5, 0.6) is 0 Å². The summed E-state index contributed by atoms with van der Waals surface area (Å²) in [4.78, 5) is 15.4. The van der Waals surface area contributed by atoms with E-state index in [2.05, 4.69) is 159 Å². The van der Waals surface area contributed by atoms with Crippen LogP contribution in [0.4, 0.5) is 0 Å². The Balaban J connectivity index is 1.07. The summed E-state index contributed by atoms with van der Waals surface area (Å²) < 4.78 is 2.61. The summed E-state index contributed by atoms with van der Waals surface area (Å²) in [7, 11) is 0. The Morgan fingerprint density at radius 1 is 0.484 bits per heavy atom. The lowest BCUT2D eigenvalue weighted by Gasteiger charge is -2.38.